The van der Waals surface area contributed by atoms with Crippen LogP contribution in [0, 0.1) is 0 Å². The molecule has 5 rings (SSSR count). The largest absolute Gasteiger partial charge is 0.496 e. The minimum Gasteiger partial charge on any atom is -0.496 e. The molecule has 1 fully saturated rings. The summed E-state index contributed by atoms with van der Waals surface area (Å²) in [6, 6.07) is 24.3. The number of ether oxygens (including phenoxy) is 2. The number of benzene rings is 3. The van der Waals surface area contributed by atoms with Crippen LogP contribution in [0.5, 0.6) is 11.5 Å². The molecule has 0 bridgehead atoms. The maximum atomic E-state index is 6.66. The average Bonchev–Trinajstić information content (AvgIpc) is 3.39. The molecule has 1 saturated heterocycles. The highest BCUT2D eigenvalue weighted by molar-refractivity contribution is 5.85. The molecular formula is C31H38ClN3O3. The van der Waals surface area contributed by atoms with Crippen LogP contribution in [0.3, 0.4) is 0 Å². The second kappa shape index (κ2) is 13.1. The molecule has 0 radical (unpaired) electrons. The second-order valence-electron chi connectivity index (χ2n) is 9.70. The third-order valence-corrected chi connectivity index (χ3v) is 7.37. The van der Waals surface area contributed by atoms with Gasteiger partial charge in [0.2, 0.25) is 0 Å². The molecule has 1 aromatic heterocycles. The van der Waals surface area contributed by atoms with Crippen LogP contribution >= 0.6 is 12.4 Å². The molecule has 0 aliphatic carbocycles. The van der Waals surface area contributed by atoms with Gasteiger partial charge in [0.1, 0.15) is 22.8 Å². The third kappa shape index (κ3) is 6.26. The van der Waals surface area contributed by atoms with Crippen molar-refractivity contribution in [3.63, 3.8) is 0 Å². The molecule has 0 spiro atoms. The van der Waals surface area contributed by atoms with Gasteiger partial charge in [0.15, 0.2) is 0 Å². The number of hydrogen-bond acceptors (Lipinski definition) is 6. The Kier molecular flexibility index (Phi) is 9.56. The number of fused-ring (bicyclic) bond motifs is 1. The molecule has 1 aliphatic heterocycles. The lowest BCUT2D eigenvalue weighted by molar-refractivity contribution is 0.252. The van der Waals surface area contributed by atoms with E-state index in [9.17, 15) is 0 Å². The Morgan fingerprint density at radius 2 is 1.58 bits per heavy atom. The number of nitrogens with two attached hydrogens (primary N) is 1. The fourth-order valence-electron chi connectivity index (χ4n) is 5.26. The van der Waals surface area contributed by atoms with Gasteiger partial charge in [0.05, 0.1) is 25.9 Å². The summed E-state index contributed by atoms with van der Waals surface area (Å²) >= 11 is 0. The maximum Gasteiger partial charge on any atom is 0.142 e. The number of aryl methyl sites for hydroxylation is 1. The van der Waals surface area contributed by atoms with Crippen molar-refractivity contribution in [1.29, 1.82) is 0 Å². The van der Waals surface area contributed by atoms with E-state index in [1.165, 1.54) is 17.7 Å². The van der Waals surface area contributed by atoms with Gasteiger partial charge in [-0.2, -0.15) is 0 Å². The molecule has 0 amide bonds. The summed E-state index contributed by atoms with van der Waals surface area (Å²) in [5.41, 5.74) is 11.0. The predicted molar refractivity (Wildman–Crippen MR) is 157 cm³/mol. The van der Waals surface area contributed by atoms with Crippen LogP contribution in [-0.2, 0) is 6.42 Å². The van der Waals surface area contributed by atoms with Crippen molar-refractivity contribution in [2.75, 3.05) is 51.8 Å². The van der Waals surface area contributed by atoms with Gasteiger partial charge in [0, 0.05) is 37.1 Å². The van der Waals surface area contributed by atoms with Crippen LogP contribution in [0.15, 0.2) is 77.2 Å². The normalized spacial score (nSPS) is 14.8. The fourth-order valence-corrected chi connectivity index (χ4v) is 5.26. The van der Waals surface area contributed by atoms with Gasteiger partial charge in [0.25, 0.3) is 0 Å². The first kappa shape index (κ1) is 27.8. The molecule has 2 N–H and O–H groups in total. The lowest BCUT2D eigenvalue weighted by Crippen LogP contribution is -2.46. The van der Waals surface area contributed by atoms with E-state index in [1.807, 2.05) is 48.5 Å². The zero-order valence-corrected chi connectivity index (χ0v) is 23.1. The van der Waals surface area contributed by atoms with Crippen LogP contribution in [0.4, 0.5) is 5.69 Å². The van der Waals surface area contributed by atoms with E-state index in [0.29, 0.717) is 0 Å². The first-order valence-corrected chi connectivity index (χ1v) is 13.2. The quantitative estimate of drug-likeness (QED) is 0.249. The monoisotopic (exact) mass is 535 g/mol. The van der Waals surface area contributed by atoms with E-state index in [-0.39, 0.29) is 18.4 Å². The van der Waals surface area contributed by atoms with Gasteiger partial charge >= 0.3 is 0 Å². The highest BCUT2D eigenvalue weighted by Gasteiger charge is 2.20. The smallest absolute Gasteiger partial charge is 0.142 e. The average molecular weight is 536 g/mol. The first-order chi connectivity index (χ1) is 18.2. The van der Waals surface area contributed by atoms with Crippen molar-refractivity contribution in [2.45, 2.75) is 25.3 Å². The number of nitrogens with zero attached hydrogens (tertiary/aromatic N) is 2. The molecule has 0 saturated carbocycles. The topological polar surface area (TPSA) is 64.1 Å². The Bertz CT molecular complexity index is 1280. The summed E-state index contributed by atoms with van der Waals surface area (Å²) in [7, 11) is 3.44. The number of para-hydroxylation sites is 3. The molecule has 4 aromatic rings. The zero-order valence-electron chi connectivity index (χ0n) is 22.3. The lowest BCUT2D eigenvalue weighted by atomic mass is 9.98. The minimum absolute atomic E-state index is 0. The Morgan fingerprint density at radius 1 is 0.842 bits per heavy atom. The summed E-state index contributed by atoms with van der Waals surface area (Å²) < 4.78 is 17.2. The van der Waals surface area contributed by atoms with Gasteiger partial charge in [-0.05, 0) is 61.7 Å². The van der Waals surface area contributed by atoms with Crippen LogP contribution in [0.25, 0.3) is 11.0 Å². The summed E-state index contributed by atoms with van der Waals surface area (Å²) in [6.07, 6.45) is 3.33. The Morgan fingerprint density at radius 3 is 2.34 bits per heavy atom. The molecule has 1 atom stereocenters. The third-order valence-electron chi connectivity index (χ3n) is 7.37. The van der Waals surface area contributed by atoms with Crippen LogP contribution in [0.2, 0.25) is 0 Å². The number of rotatable bonds is 10. The number of methoxy groups -OCH3 is 2. The van der Waals surface area contributed by atoms with Gasteiger partial charge in [-0.25, -0.2) is 0 Å². The van der Waals surface area contributed by atoms with Crippen molar-refractivity contribution < 1.29 is 13.9 Å². The molecule has 1 aliphatic rings. The number of piperazine rings is 1. The summed E-state index contributed by atoms with van der Waals surface area (Å²) in [6.45, 7) is 5.35. The van der Waals surface area contributed by atoms with E-state index in [1.54, 1.807) is 14.2 Å². The zero-order chi connectivity index (χ0) is 25.6. The van der Waals surface area contributed by atoms with E-state index in [0.717, 1.165) is 79.4 Å². The number of unbranched alkanes of at least 4 members (excludes halogenated alkanes) is 1. The lowest BCUT2D eigenvalue weighted by Gasteiger charge is -2.36. The van der Waals surface area contributed by atoms with Crippen LogP contribution in [0.1, 0.15) is 35.8 Å². The van der Waals surface area contributed by atoms with Gasteiger partial charge in [-0.1, -0.05) is 42.5 Å². The molecule has 1 unspecified atom stereocenters. The predicted octanol–water partition coefficient (Wildman–Crippen LogP) is 6.06. The molecule has 3 aromatic carbocycles. The van der Waals surface area contributed by atoms with E-state index in [4.69, 9.17) is 19.6 Å². The second-order valence-corrected chi connectivity index (χ2v) is 9.70. The Labute approximate surface area is 231 Å². The molecule has 202 valence electrons. The van der Waals surface area contributed by atoms with E-state index < -0.39 is 0 Å². The molecular weight excluding hydrogens is 498 g/mol. The number of furan rings is 1. The van der Waals surface area contributed by atoms with Crippen molar-refractivity contribution >= 4 is 29.1 Å². The van der Waals surface area contributed by atoms with Gasteiger partial charge in [-0.3, -0.25) is 4.90 Å². The summed E-state index contributed by atoms with van der Waals surface area (Å²) in [5, 5.41) is 1.06. The highest BCUT2D eigenvalue weighted by Crippen LogP contribution is 2.33. The van der Waals surface area contributed by atoms with Gasteiger partial charge < -0.3 is 24.5 Å². The standard InChI is InChI=1S/C31H37N3O3.ClH/c1-35-28-15-14-23(21-25(28)31(32)30-22-24-10-3-5-12-27(24)37-30)9-7-8-16-33-17-19-34(20-18-33)26-11-4-6-13-29(26)36-2;/h3-6,10-15,21-22,31H,7-9,16-20,32H2,1-2H3;1H. The van der Waals surface area contributed by atoms with E-state index in [2.05, 4.69) is 34.1 Å². The number of anilines is 1. The minimum atomic E-state index is -0.373. The fraction of sp³-hybridized carbons (Fsp3) is 0.355. The van der Waals surface area contributed by atoms with Crippen molar-refractivity contribution in [3.8, 4) is 11.5 Å². The molecule has 7 heteroatoms. The van der Waals surface area contributed by atoms with Crippen molar-refractivity contribution in [3.05, 3.63) is 89.7 Å². The SMILES string of the molecule is COc1ccc(CCCCN2CCN(c3ccccc3OC)CC2)cc1C(N)c1cc2ccccc2o1.Cl. The summed E-state index contributed by atoms with van der Waals surface area (Å²) in [4.78, 5) is 5.00. The van der Waals surface area contributed by atoms with Crippen LogP contribution < -0.4 is 20.1 Å². The van der Waals surface area contributed by atoms with Crippen molar-refractivity contribution in [2.24, 2.45) is 5.73 Å². The molecule has 6 nitrogen and oxygen atoms in total. The highest BCUT2D eigenvalue weighted by atomic mass is 35.5. The van der Waals surface area contributed by atoms with Crippen LogP contribution in [-0.4, -0.2) is 51.8 Å². The number of hydrogen-bond donors (Lipinski definition) is 1. The molecule has 38 heavy (non-hydrogen) atoms. The molecule has 2 heterocycles. The Hall–Kier alpha value is -3.19. The summed E-state index contributed by atoms with van der Waals surface area (Å²) in [5.74, 6) is 2.50. The number of halogens is 1. The first-order valence-electron chi connectivity index (χ1n) is 13.2. The maximum absolute atomic E-state index is 6.66. The van der Waals surface area contributed by atoms with Crippen molar-refractivity contribution in [1.82, 2.24) is 4.90 Å². The van der Waals surface area contributed by atoms with Gasteiger partial charge in [-0.15, -0.1) is 12.4 Å². The Balaban J connectivity index is 0.00000336. The van der Waals surface area contributed by atoms with E-state index >= 15 is 0 Å².